The van der Waals surface area contributed by atoms with Gasteiger partial charge in [-0.05, 0) is 43.7 Å². The van der Waals surface area contributed by atoms with Gasteiger partial charge in [-0.2, -0.15) is 0 Å². The van der Waals surface area contributed by atoms with Crippen molar-refractivity contribution >= 4 is 11.9 Å². The molecular weight excluding hydrogens is 352 g/mol. The molecule has 1 amide bonds. The van der Waals surface area contributed by atoms with Crippen LogP contribution in [0.1, 0.15) is 45.9 Å². The highest BCUT2D eigenvalue weighted by atomic mass is 16.2. The Labute approximate surface area is 165 Å². The monoisotopic (exact) mass is 380 g/mol. The Morgan fingerprint density at radius 1 is 1.21 bits per heavy atom. The number of hydrazine groups is 1. The minimum atomic E-state index is 0.00362. The second-order valence-electron chi connectivity index (χ2n) is 7.87. The van der Waals surface area contributed by atoms with Crippen LogP contribution in [-0.4, -0.2) is 46.5 Å². The first kappa shape index (κ1) is 18.8. The number of nitrogens with two attached hydrogens (primary N) is 1. The number of hydrogen-bond donors (Lipinski definition) is 3. The molecule has 1 aromatic heterocycles. The summed E-state index contributed by atoms with van der Waals surface area (Å²) in [5.41, 5.74) is 16.4. The molecule has 0 radical (unpaired) electrons. The van der Waals surface area contributed by atoms with E-state index in [9.17, 15) is 4.79 Å². The zero-order valence-corrected chi connectivity index (χ0v) is 16.5. The molecule has 7 nitrogen and oxygen atoms in total. The zero-order valence-electron chi connectivity index (χ0n) is 16.5. The topological polar surface area (TPSA) is 96.2 Å². The number of piperidine rings is 1. The largest absolute Gasteiger partial charge is 0.368 e. The van der Waals surface area contributed by atoms with Crippen LogP contribution in [0.15, 0.2) is 30.5 Å². The molecule has 2 saturated heterocycles. The smallest absolute Gasteiger partial charge is 0.257 e. The summed E-state index contributed by atoms with van der Waals surface area (Å²) in [6, 6.07) is 9.03. The second kappa shape index (κ2) is 7.85. The number of likely N-dealkylation sites (tertiary alicyclic amines) is 1. The predicted molar refractivity (Wildman–Crippen MR) is 109 cm³/mol. The number of carbonyl (C=O) groups is 1. The number of carbonyl (C=O) groups excluding carboxylic acids is 1. The molecule has 4 rings (SSSR count). The van der Waals surface area contributed by atoms with E-state index in [1.165, 1.54) is 11.1 Å². The lowest BCUT2D eigenvalue weighted by molar-refractivity contribution is 0.0668. The van der Waals surface area contributed by atoms with E-state index in [4.69, 9.17) is 5.73 Å². The highest BCUT2D eigenvalue weighted by Gasteiger charge is 2.37. The van der Waals surface area contributed by atoms with Crippen molar-refractivity contribution in [1.29, 1.82) is 0 Å². The summed E-state index contributed by atoms with van der Waals surface area (Å²) in [6.45, 7) is 6.44. The fraction of sp³-hybridized carbons (Fsp3) is 0.476. The number of aryl methyl sites for hydroxylation is 2. The summed E-state index contributed by atoms with van der Waals surface area (Å²) < 4.78 is 0. The molecule has 2 aliphatic heterocycles. The van der Waals surface area contributed by atoms with Crippen molar-refractivity contribution in [3.63, 3.8) is 0 Å². The third kappa shape index (κ3) is 3.59. The Morgan fingerprint density at radius 2 is 1.96 bits per heavy atom. The van der Waals surface area contributed by atoms with Crippen molar-refractivity contribution in [3.8, 4) is 0 Å². The van der Waals surface area contributed by atoms with Crippen LogP contribution < -0.4 is 16.6 Å². The number of nitrogens with one attached hydrogen (secondary N) is 2. The number of aromatic nitrogens is 2. The highest BCUT2D eigenvalue weighted by molar-refractivity contribution is 5.95. The van der Waals surface area contributed by atoms with E-state index in [1.54, 1.807) is 13.1 Å². The van der Waals surface area contributed by atoms with Crippen LogP contribution in [0.4, 0.5) is 5.95 Å². The van der Waals surface area contributed by atoms with E-state index in [2.05, 4.69) is 52.0 Å². The van der Waals surface area contributed by atoms with Gasteiger partial charge < -0.3 is 10.6 Å². The first-order valence-corrected chi connectivity index (χ1v) is 9.97. The van der Waals surface area contributed by atoms with Crippen molar-refractivity contribution in [1.82, 2.24) is 25.7 Å². The maximum atomic E-state index is 12.9. The molecule has 2 aromatic rings. The van der Waals surface area contributed by atoms with Crippen molar-refractivity contribution in [2.75, 3.05) is 25.4 Å². The molecular formula is C21H28N6O. The fourth-order valence-electron chi connectivity index (χ4n) is 4.59. The van der Waals surface area contributed by atoms with Crippen LogP contribution in [0.25, 0.3) is 0 Å². The van der Waals surface area contributed by atoms with Crippen molar-refractivity contribution in [2.24, 2.45) is 5.92 Å². The van der Waals surface area contributed by atoms with Crippen LogP contribution in [-0.2, 0) is 0 Å². The fourth-order valence-corrected chi connectivity index (χ4v) is 4.59. The lowest BCUT2D eigenvalue weighted by Gasteiger charge is -2.37. The number of nitrogens with zero attached hydrogens (tertiary/aromatic N) is 3. The third-order valence-corrected chi connectivity index (χ3v) is 6.18. The van der Waals surface area contributed by atoms with Gasteiger partial charge in [-0.15, -0.1) is 0 Å². The lowest BCUT2D eigenvalue weighted by atomic mass is 9.79. The molecule has 2 fully saturated rings. The Bertz CT molecular complexity index is 862. The SMILES string of the molecule is Cc1ccccc1C1CNNC1C1CCN(C(=O)c2cnc(N)nc2C)CC1. The normalized spacial score (nSPS) is 23.1. The van der Waals surface area contributed by atoms with E-state index in [-0.39, 0.29) is 11.9 Å². The summed E-state index contributed by atoms with van der Waals surface area (Å²) >= 11 is 0. The molecule has 1 aromatic carbocycles. The Morgan fingerprint density at radius 3 is 2.68 bits per heavy atom. The van der Waals surface area contributed by atoms with Gasteiger partial charge in [0.2, 0.25) is 5.95 Å². The standard InChI is InChI=1S/C21H28N6O/c1-13-5-3-4-6-16(13)18-12-24-26-19(18)15-7-9-27(10-8-15)20(28)17-11-23-21(22)25-14(17)2/h3-6,11,15,18-19,24,26H,7-10,12H2,1-2H3,(H2,22,23,25). The van der Waals surface area contributed by atoms with Crippen LogP contribution in [0.2, 0.25) is 0 Å². The van der Waals surface area contributed by atoms with E-state index in [0.29, 0.717) is 29.1 Å². The van der Waals surface area contributed by atoms with Gasteiger partial charge in [-0.25, -0.2) is 9.97 Å². The van der Waals surface area contributed by atoms with E-state index >= 15 is 0 Å². The van der Waals surface area contributed by atoms with Gasteiger partial charge in [0.1, 0.15) is 0 Å². The van der Waals surface area contributed by atoms with Gasteiger partial charge in [0.25, 0.3) is 5.91 Å². The average Bonchev–Trinajstić information content (AvgIpc) is 3.17. The summed E-state index contributed by atoms with van der Waals surface area (Å²) in [7, 11) is 0. The summed E-state index contributed by atoms with van der Waals surface area (Å²) in [5.74, 6) is 1.20. The summed E-state index contributed by atoms with van der Waals surface area (Å²) in [6.07, 6.45) is 3.52. The minimum absolute atomic E-state index is 0.00362. The van der Waals surface area contributed by atoms with Gasteiger partial charge in [-0.3, -0.25) is 15.6 Å². The lowest BCUT2D eigenvalue weighted by Crippen LogP contribution is -2.46. The number of amides is 1. The molecule has 4 N–H and O–H groups in total. The van der Waals surface area contributed by atoms with Gasteiger partial charge in [0.05, 0.1) is 11.3 Å². The van der Waals surface area contributed by atoms with Crippen molar-refractivity contribution in [3.05, 3.63) is 52.8 Å². The van der Waals surface area contributed by atoms with Gasteiger partial charge >= 0.3 is 0 Å². The quantitative estimate of drug-likeness (QED) is 0.751. The van der Waals surface area contributed by atoms with Crippen LogP contribution in [0.5, 0.6) is 0 Å². The highest BCUT2D eigenvalue weighted by Crippen LogP contribution is 2.33. The predicted octanol–water partition coefficient (Wildman–Crippen LogP) is 1.79. The first-order valence-electron chi connectivity index (χ1n) is 9.97. The van der Waals surface area contributed by atoms with Crippen LogP contribution >= 0.6 is 0 Å². The molecule has 148 valence electrons. The molecule has 3 heterocycles. The molecule has 28 heavy (non-hydrogen) atoms. The molecule has 7 heteroatoms. The number of benzene rings is 1. The third-order valence-electron chi connectivity index (χ3n) is 6.18. The Kier molecular flexibility index (Phi) is 5.28. The molecule has 0 spiro atoms. The molecule has 2 atom stereocenters. The molecule has 0 aliphatic carbocycles. The first-order chi connectivity index (χ1) is 13.5. The van der Waals surface area contributed by atoms with Gasteiger partial charge in [-0.1, -0.05) is 24.3 Å². The Balaban J connectivity index is 1.42. The number of nitrogen functional groups attached to an aromatic ring is 1. The minimum Gasteiger partial charge on any atom is -0.368 e. The van der Waals surface area contributed by atoms with Gasteiger partial charge in [0, 0.05) is 37.8 Å². The summed E-state index contributed by atoms with van der Waals surface area (Å²) in [4.78, 5) is 22.9. The van der Waals surface area contributed by atoms with Crippen LogP contribution in [0.3, 0.4) is 0 Å². The van der Waals surface area contributed by atoms with Gasteiger partial charge in [0.15, 0.2) is 0 Å². The van der Waals surface area contributed by atoms with Crippen molar-refractivity contribution < 1.29 is 4.79 Å². The number of hydrogen-bond acceptors (Lipinski definition) is 6. The van der Waals surface area contributed by atoms with Crippen molar-refractivity contribution in [2.45, 2.75) is 38.6 Å². The zero-order chi connectivity index (χ0) is 19.7. The Hall–Kier alpha value is -2.51. The average molecular weight is 380 g/mol. The summed E-state index contributed by atoms with van der Waals surface area (Å²) in [5, 5.41) is 0. The molecule has 0 bridgehead atoms. The molecule has 2 aliphatic rings. The maximum absolute atomic E-state index is 12.9. The van der Waals surface area contributed by atoms with E-state index in [1.807, 2.05) is 4.90 Å². The maximum Gasteiger partial charge on any atom is 0.257 e. The second-order valence-corrected chi connectivity index (χ2v) is 7.87. The molecule has 0 saturated carbocycles. The molecule has 2 unspecified atom stereocenters. The van der Waals surface area contributed by atoms with E-state index in [0.717, 1.165) is 32.5 Å². The van der Waals surface area contributed by atoms with Crippen LogP contribution in [0, 0.1) is 19.8 Å². The number of anilines is 1. The number of rotatable bonds is 3. The van der Waals surface area contributed by atoms with E-state index < -0.39 is 0 Å².